The summed E-state index contributed by atoms with van der Waals surface area (Å²) >= 11 is 0. The van der Waals surface area contributed by atoms with Gasteiger partial charge in [-0.2, -0.15) is 0 Å². The Labute approximate surface area is 121 Å². The molecule has 0 amide bonds. The maximum Gasteiger partial charge on any atom is 0.312 e. The third-order valence-corrected chi connectivity index (χ3v) is 3.23. The van der Waals surface area contributed by atoms with Crippen LogP contribution in [-0.2, 0) is 19.1 Å². The van der Waals surface area contributed by atoms with Crippen LogP contribution in [0, 0.1) is 11.8 Å². The third-order valence-electron chi connectivity index (χ3n) is 3.23. The van der Waals surface area contributed by atoms with E-state index in [4.69, 9.17) is 9.47 Å². The highest BCUT2D eigenvalue weighted by Gasteiger charge is 2.34. The zero-order chi connectivity index (χ0) is 15.4. The number of rotatable bonds is 11. The first kappa shape index (κ1) is 18.9. The van der Waals surface area contributed by atoms with Gasteiger partial charge >= 0.3 is 11.9 Å². The molecule has 0 fully saturated rings. The molecule has 118 valence electrons. The molecule has 0 aliphatic heterocycles. The SMILES string of the molecule is CCCCCCC(C(=O)OCC)C(CO)C(=O)OCC. The molecule has 20 heavy (non-hydrogen) atoms. The number of aliphatic hydroxyl groups is 1. The van der Waals surface area contributed by atoms with Gasteiger partial charge in [0.2, 0.25) is 0 Å². The molecule has 0 aliphatic carbocycles. The van der Waals surface area contributed by atoms with Crippen LogP contribution in [0.4, 0.5) is 0 Å². The number of aliphatic hydroxyl groups excluding tert-OH is 1. The van der Waals surface area contributed by atoms with Crippen molar-refractivity contribution in [2.45, 2.75) is 52.9 Å². The molecule has 0 aliphatic rings. The summed E-state index contributed by atoms with van der Waals surface area (Å²) < 4.78 is 9.94. The lowest BCUT2D eigenvalue weighted by molar-refractivity contribution is -0.162. The van der Waals surface area contributed by atoms with Crippen molar-refractivity contribution < 1.29 is 24.2 Å². The molecule has 0 spiro atoms. The minimum Gasteiger partial charge on any atom is -0.466 e. The summed E-state index contributed by atoms with van der Waals surface area (Å²) in [5.41, 5.74) is 0. The number of carbonyl (C=O) groups is 2. The fraction of sp³-hybridized carbons (Fsp3) is 0.867. The second-order valence-electron chi connectivity index (χ2n) is 4.75. The van der Waals surface area contributed by atoms with Crippen LogP contribution in [0.3, 0.4) is 0 Å². The van der Waals surface area contributed by atoms with Crippen molar-refractivity contribution in [2.75, 3.05) is 19.8 Å². The summed E-state index contributed by atoms with van der Waals surface area (Å²) in [6.45, 7) is 5.65. The highest BCUT2D eigenvalue weighted by atomic mass is 16.5. The van der Waals surface area contributed by atoms with Gasteiger partial charge in [0, 0.05) is 0 Å². The molecule has 2 unspecified atom stereocenters. The van der Waals surface area contributed by atoms with E-state index in [1.54, 1.807) is 13.8 Å². The highest BCUT2D eigenvalue weighted by molar-refractivity contribution is 5.82. The molecule has 0 saturated carbocycles. The molecule has 5 heteroatoms. The predicted octanol–water partition coefficient (Wildman–Crippen LogP) is 2.31. The van der Waals surface area contributed by atoms with Crippen LogP contribution < -0.4 is 0 Å². The number of carbonyl (C=O) groups excluding carboxylic acids is 2. The van der Waals surface area contributed by atoms with Gasteiger partial charge in [0.1, 0.15) is 0 Å². The van der Waals surface area contributed by atoms with Crippen molar-refractivity contribution in [3.05, 3.63) is 0 Å². The number of esters is 2. The Morgan fingerprint density at radius 1 is 0.900 bits per heavy atom. The minimum atomic E-state index is -0.823. The number of hydrogen-bond donors (Lipinski definition) is 1. The molecule has 5 nitrogen and oxygen atoms in total. The van der Waals surface area contributed by atoms with E-state index in [-0.39, 0.29) is 13.2 Å². The second kappa shape index (κ2) is 11.7. The van der Waals surface area contributed by atoms with Crippen molar-refractivity contribution >= 4 is 11.9 Å². The average molecular weight is 288 g/mol. The molecular weight excluding hydrogens is 260 g/mol. The van der Waals surface area contributed by atoms with E-state index in [0.717, 1.165) is 25.7 Å². The zero-order valence-corrected chi connectivity index (χ0v) is 12.9. The number of hydrogen-bond acceptors (Lipinski definition) is 5. The van der Waals surface area contributed by atoms with Crippen LogP contribution in [0.15, 0.2) is 0 Å². The third kappa shape index (κ3) is 6.89. The molecular formula is C15H28O5. The van der Waals surface area contributed by atoms with Crippen LogP contribution >= 0.6 is 0 Å². The van der Waals surface area contributed by atoms with Crippen LogP contribution in [0.2, 0.25) is 0 Å². The standard InChI is InChI=1S/C15H28O5/c1-4-7-8-9-10-12(14(17)19-5-2)13(11-16)15(18)20-6-3/h12-13,16H,4-11H2,1-3H3. The number of unbranched alkanes of at least 4 members (excludes halogenated alkanes) is 3. The van der Waals surface area contributed by atoms with Crippen molar-refractivity contribution in [1.82, 2.24) is 0 Å². The van der Waals surface area contributed by atoms with Crippen LogP contribution in [0.5, 0.6) is 0 Å². The summed E-state index contributed by atoms with van der Waals surface area (Å²) in [7, 11) is 0. The van der Waals surface area contributed by atoms with Gasteiger partial charge in [-0.05, 0) is 20.3 Å². The highest BCUT2D eigenvalue weighted by Crippen LogP contribution is 2.22. The Kier molecular flexibility index (Phi) is 11.1. The molecule has 0 rings (SSSR count). The summed E-state index contributed by atoms with van der Waals surface area (Å²) in [6.07, 6.45) is 4.59. The maximum atomic E-state index is 12.0. The Morgan fingerprint density at radius 2 is 1.45 bits per heavy atom. The van der Waals surface area contributed by atoms with E-state index in [2.05, 4.69) is 6.92 Å². The Bertz CT molecular complexity index is 277. The molecule has 0 radical (unpaired) electrons. The molecule has 0 aromatic carbocycles. The van der Waals surface area contributed by atoms with Gasteiger partial charge < -0.3 is 14.6 Å². The van der Waals surface area contributed by atoms with E-state index in [9.17, 15) is 14.7 Å². The van der Waals surface area contributed by atoms with Gasteiger partial charge in [0.15, 0.2) is 0 Å². The molecule has 2 atom stereocenters. The molecule has 1 N–H and O–H groups in total. The lowest BCUT2D eigenvalue weighted by Gasteiger charge is -2.22. The van der Waals surface area contributed by atoms with Crippen LogP contribution in [0.25, 0.3) is 0 Å². The van der Waals surface area contributed by atoms with Crippen molar-refractivity contribution in [1.29, 1.82) is 0 Å². The van der Waals surface area contributed by atoms with E-state index >= 15 is 0 Å². The largest absolute Gasteiger partial charge is 0.466 e. The average Bonchev–Trinajstić information content (AvgIpc) is 2.42. The Morgan fingerprint density at radius 3 is 1.90 bits per heavy atom. The van der Waals surface area contributed by atoms with Gasteiger partial charge in [-0.1, -0.05) is 32.6 Å². The van der Waals surface area contributed by atoms with Gasteiger partial charge in [0.25, 0.3) is 0 Å². The van der Waals surface area contributed by atoms with E-state index in [0.29, 0.717) is 6.42 Å². The van der Waals surface area contributed by atoms with E-state index in [1.807, 2.05) is 0 Å². The quantitative estimate of drug-likeness (QED) is 0.466. The van der Waals surface area contributed by atoms with Crippen molar-refractivity contribution in [3.63, 3.8) is 0 Å². The van der Waals surface area contributed by atoms with Crippen molar-refractivity contribution in [3.8, 4) is 0 Å². The monoisotopic (exact) mass is 288 g/mol. The topological polar surface area (TPSA) is 72.8 Å². The van der Waals surface area contributed by atoms with Gasteiger partial charge in [-0.15, -0.1) is 0 Å². The summed E-state index contributed by atoms with van der Waals surface area (Å²) in [5.74, 6) is -2.38. The lowest BCUT2D eigenvalue weighted by atomic mass is 9.88. The van der Waals surface area contributed by atoms with Gasteiger partial charge in [-0.3, -0.25) is 9.59 Å². The molecule has 0 aromatic rings. The molecule has 0 aromatic heterocycles. The fourth-order valence-electron chi connectivity index (χ4n) is 2.14. The first-order valence-corrected chi connectivity index (χ1v) is 7.56. The fourth-order valence-corrected chi connectivity index (χ4v) is 2.14. The molecule has 0 saturated heterocycles. The maximum absolute atomic E-state index is 12.0. The lowest BCUT2D eigenvalue weighted by Crippen LogP contribution is -2.35. The van der Waals surface area contributed by atoms with Gasteiger partial charge in [0.05, 0.1) is 31.7 Å². The summed E-state index contributed by atoms with van der Waals surface area (Å²) in [5, 5.41) is 9.40. The normalized spacial score (nSPS) is 13.6. The predicted molar refractivity (Wildman–Crippen MR) is 76.1 cm³/mol. The first-order valence-electron chi connectivity index (χ1n) is 7.56. The Hall–Kier alpha value is -1.10. The van der Waals surface area contributed by atoms with Crippen molar-refractivity contribution in [2.24, 2.45) is 11.8 Å². The first-order chi connectivity index (χ1) is 9.62. The molecule has 0 bridgehead atoms. The molecule has 0 heterocycles. The smallest absolute Gasteiger partial charge is 0.312 e. The van der Waals surface area contributed by atoms with Gasteiger partial charge in [-0.25, -0.2) is 0 Å². The second-order valence-corrected chi connectivity index (χ2v) is 4.75. The van der Waals surface area contributed by atoms with Crippen LogP contribution in [-0.4, -0.2) is 36.9 Å². The van der Waals surface area contributed by atoms with E-state index in [1.165, 1.54) is 0 Å². The van der Waals surface area contributed by atoms with Crippen LogP contribution in [0.1, 0.15) is 52.9 Å². The van der Waals surface area contributed by atoms with E-state index < -0.39 is 30.4 Å². The zero-order valence-electron chi connectivity index (χ0n) is 12.9. The Balaban J connectivity index is 4.68. The minimum absolute atomic E-state index is 0.237. The summed E-state index contributed by atoms with van der Waals surface area (Å²) in [4.78, 5) is 23.8. The number of ether oxygens (including phenoxy) is 2. The summed E-state index contributed by atoms with van der Waals surface area (Å²) in [6, 6.07) is 0.